The number of hydrogen-bond donors (Lipinski definition) is 1. The molecule has 4 heteroatoms. The molecule has 4 nitrogen and oxygen atoms in total. The van der Waals surface area contributed by atoms with Crippen molar-refractivity contribution >= 4 is 11.6 Å². The zero-order valence-electron chi connectivity index (χ0n) is 12.4. The Labute approximate surface area is 124 Å². The zero-order chi connectivity index (χ0) is 15.2. The Morgan fingerprint density at radius 2 is 1.67 bits per heavy atom. The van der Waals surface area contributed by atoms with Crippen LogP contribution < -0.4 is 14.8 Å². The van der Waals surface area contributed by atoms with Crippen LogP contribution in [-0.4, -0.2) is 19.1 Å². The first-order chi connectivity index (χ1) is 10.1. The van der Waals surface area contributed by atoms with Crippen molar-refractivity contribution in [2.24, 2.45) is 0 Å². The fourth-order valence-corrected chi connectivity index (χ4v) is 1.91. The second-order valence-electron chi connectivity index (χ2n) is 4.72. The van der Waals surface area contributed by atoms with Gasteiger partial charge in [0, 0.05) is 5.69 Å². The molecule has 0 spiro atoms. The molecule has 2 rings (SSSR count). The summed E-state index contributed by atoms with van der Waals surface area (Å²) < 4.78 is 10.9. The molecule has 1 amide bonds. The summed E-state index contributed by atoms with van der Waals surface area (Å²) >= 11 is 0. The number of benzene rings is 2. The number of anilines is 1. The van der Waals surface area contributed by atoms with Crippen LogP contribution in [0, 0.1) is 6.92 Å². The molecule has 0 radical (unpaired) electrons. The molecule has 0 aliphatic carbocycles. The lowest BCUT2D eigenvalue weighted by Crippen LogP contribution is -2.30. The van der Waals surface area contributed by atoms with Gasteiger partial charge < -0.3 is 14.8 Å². The van der Waals surface area contributed by atoms with Gasteiger partial charge in [-0.2, -0.15) is 0 Å². The number of aryl methyl sites for hydroxylation is 1. The van der Waals surface area contributed by atoms with Crippen molar-refractivity contribution < 1.29 is 14.3 Å². The number of para-hydroxylation sites is 3. The van der Waals surface area contributed by atoms with Gasteiger partial charge in [0.25, 0.3) is 5.91 Å². The van der Waals surface area contributed by atoms with E-state index in [1.165, 1.54) is 0 Å². The lowest BCUT2D eigenvalue weighted by Gasteiger charge is -2.17. The van der Waals surface area contributed by atoms with Crippen molar-refractivity contribution in [3.63, 3.8) is 0 Å². The molecule has 2 aromatic rings. The first-order valence-electron chi connectivity index (χ1n) is 6.78. The second kappa shape index (κ2) is 6.79. The van der Waals surface area contributed by atoms with Crippen LogP contribution in [-0.2, 0) is 4.79 Å². The van der Waals surface area contributed by atoms with Gasteiger partial charge in [-0.25, -0.2) is 0 Å². The molecule has 21 heavy (non-hydrogen) atoms. The highest BCUT2D eigenvalue weighted by molar-refractivity contribution is 5.94. The van der Waals surface area contributed by atoms with Crippen LogP contribution in [0.25, 0.3) is 0 Å². The standard InChI is InChI=1S/C17H19NO3/c1-12-8-4-5-9-14(12)18-17(19)13(2)21-16-11-7-6-10-15(16)20-3/h4-11,13H,1-3H3,(H,18,19)/t13-/m1/s1. The summed E-state index contributed by atoms with van der Waals surface area (Å²) in [5.74, 6) is 0.954. The molecule has 0 aromatic heterocycles. The maximum absolute atomic E-state index is 12.2. The molecule has 0 saturated heterocycles. The molecule has 0 saturated carbocycles. The SMILES string of the molecule is COc1ccccc1O[C@H](C)C(=O)Nc1ccccc1C. The van der Waals surface area contributed by atoms with Crippen molar-refractivity contribution in [2.45, 2.75) is 20.0 Å². The largest absolute Gasteiger partial charge is 0.493 e. The van der Waals surface area contributed by atoms with Gasteiger partial charge in [-0.3, -0.25) is 4.79 Å². The number of hydrogen-bond acceptors (Lipinski definition) is 3. The average Bonchev–Trinajstić information content (AvgIpc) is 2.50. The summed E-state index contributed by atoms with van der Waals surface area (Å²) in [6.07, 6.45) is -0.624. The Balaban J connectivity index is 2.05. The highest BCUT2D eigenvalue weighted by atomic mass is 16.5. The van der Waals surface area contributed by atoms with Crippen molar-refractivity contribution in [3.8, 4) is 11.5 Å². The van der Waals surface area contributed by atoms with E-state index in [1.54, 1.807) is 26.2 Å². The summed E-state index contributed by atoms with van der Waals surface area (Å²) in [4.78, 5) is 12.2. The average molecular weight is 285 g/mol. The van der Waals surface area contributed by atoms with Crippen LogP contribution in [0.5, 0.6) is 11.5 Å². The third-order valence-electron chi connectivity index (χ3n) is 3.14. The molecule has 0 aliphatic heterocycles. The van der Waals surface area contributed by atoms with Crippen LogP contribution in [0.1, 0.15) is 12.5 Å². The van der Waals surface area contributed by atoms with E-state index in [1.807, 2.05) is 43.3 Å². The predicted octanol–water partition coefficient (Wildman–Crippen LogP) is 3.41. The molecule has 110 valence electrons. The van der Waals surface area contributed by atoms with Gasteiger partial charge >= 0.3 is 0 Å². The predicted molar refractivity (Wildman–Crippen MR) is 82.9 cm³/mol. The van der Waals surface area contributed by atoms with E-state index in [-0.39, 0.29) is 5.91 Å². The van der Waals surface area contributed by atoms with Crippen LogP contribution in [0.15, 0.2) is 48.5 Å². The summed E-state index contributed by atoms with van der Waals surface area (Å²) in [6, 6.07) is 14.9. The van der Waals surface area contributed by atoms with E-state index < -0.39 is 6.10 Å². The number of rotatable bonds is 5. The van der Waals surface area contributed by atoms with E-state index in [0.29, 0.717) is 11.5 Å². The molecule has 0 aliphatic rings. The summed E-state index contributed by atoms with van der Waals surface area (Å²) in [7, 11) is 1.57. The third-order valence-corrected chi connectivity index (χ3v) is 3.14. The molecular weight excluding hydrogens is 266 g/mol. The highest BCUT2D eigenvalue weighted by Crippen LogP contribution is 2.27. The lowest BCUT2D eigenvalue weighted by molar-refractivity contribution is -0.122. The van der Waals surface area contributed by atoms with Crippen LogP contribution in [0.4, 0.5) is 5.69 Å². The third kappa shape index (κ3) is 3.75. The highest BCUT2D eigenvalue weighted by Gasteiger charge is 2.17. The zero-order valence-corrected chi connectivity index (χ0v) is 12.4. The Bertz CT molecular complexity index is 625. The molecule has 2 aromatic carbocycles. The first-order valence-corrected chi connectivity index (χ1v) is 6.78. The molecule has 1 atom stereocenters. The van der Waals surface area contributed by atoms with E-state index in [4.69, 9.17) is 9.47 Å². The molecule has 0 heterocycles. The number of ether oxygens (including phenoxy) is 2. The topological polar surface area (TPSA) is 47.6 Å². The van der Waals surface area contributed by atoms with Crippen molar-refractivity contribution in [1.82, 2.24) is 0 Å². The number of methoxy groups -OCH3 is 1. The van der Waals surface area contributed by atoms with Crippen molar-refractivity contribution in [3.05, 3.63) is 54.1 Å². The molecule has 0 bridgehead atoms. The maximum atomic E-state index is 12.2. The molecule has 1 N–H and O–H groups in total. The summed E-state index contributed by atoms with van der Waals surface area (Å²) in [6.45, 7) is 3.65. The number of amides is 1. The van der Waals surface area contributed by atoms with Crippen molar-refractivity contribution in [1.29, 1.82) is 0 Å². The van der Waals surface area contributed by atoms with Gasteiger partial charge in [0.05, 0.1) is 7.11 Å². The Kier molecular flexibility index (Phi) is 4.82. The Morgan fingerprint density at radius 1 is 1.05 bits per heavy atom. The smallest absolute Gasteiger partial charge is 0.265 e. The second-order valence-corrected chi connectivity index (χ2v) is 4.72. The number of carbonyl (C=O) groups is 1. The van der Waals surface area contributed by atoms with E-state index >= 15 is 0 Å². The van der Waals surface area contributed by atoms with Gasteiger partial charge in [0.1, 0.15) is 0 Å². The Morgan fingerprint density at radius 3 is 2.33 bits per heavy atom. The molecule has 0 unspecified atom stereocenters. The van der Waals surface area contributed by atoms with Gasteiger partial charge in [-0.15, -0.1) is 0 Å². The van der Waals surface area contributed by atoms with Crippen molar-refractivity contribution in [2.75, 3.05) is 12.4 Å². The fraction of sp³-hybridized carbons (Fsp3) is 0.235. The normalized spacial score (nSPS) is 11.6. The molecular formula is C17H19NO3. The maximum Gasteiger partial charge on any atom is 0.265 e. The first kappa shape index (κ1) is 14.9. The van der Waals surface area contributed by atoms with Crippen LogP contribution >= 0.6 is 0 Å². The van der Waals surface area contributed by atoms with Gasteiger partial charge in [0.15, 0.2) is 17.6 Å². The van der Waals surface area contributed by atoms with E-state index in [9.17, 15) is 4.79 Å². The fourth-order valence-electron chi connectivity index (χ4n) is 1.91. The van der Waals surface area contributed by atoms with Gasteiger partial charge in [-0.1, -0.05) is 30.3 Å². The van der Waals surface area contributed by atoms with E-state index in [2.05, 4.69) is 5.32 Å². The van der Waals surface area contributed by atoms with Crippen LogP contribution in [0.2, 0.25) is 0 Å². The minimum absolute atomic E-state index is 0.199. The van der Waals surface area contributed by atoms with E-state index in [0.717, 1.165) is 11.3 Å². The molecule has 0 fully saturated rings. The van der Waals surface area contributed by atoms with Gasteiger partial charge in [0.2, 0.25) is 0 Å². The summed E-state index contributed by atoms with van der Waals surface area (Å²) in [5.41, 5.74) is 1.80. The number of carbonyl (C=O) groups excluding carboxylic acids is 1. The Hall–Kier alpha value is -2.49. The summed E-state index contributed by atoms with van der Waals surface area (Å²) in [5, 5.41) is 2.86. The minimum Gasteiger partial charge on any atom is -0.493 e. The van der Waals surface area contributed by atoms with Crippen LogP contribution in [0.3, 0.4) is 0 Å². The minimum atomic E-state index is -0.624. The lowest BCUT2D eigenvalue weighted by atomic mass is 10.2. The quantitative estimate of drug-likeness (QED) is 0.915. The monoisotopic (exact) mass is 285 g/mol. The van der Waals surface area contributed by atoms with Gasteiger partial charge in [-0.05, 0) is 37.6 Å². The number of nitrogens with one attached hydrogen (secondary N) is 1.